The van der Waals surface area contributed by atoms with Crippen LogP contribution in [0, 0.1) is 5.92 Å². The van der Waals surface area contributed by atoms with E-state index in [1.54, 1.807) is 12.3 Å². The minimum Gasteiger partial charge on any atom is -0.483 e. The molecule has 0 bridgehead atoms. The molecule has 0 saturated carbocycles. The van der Waals surface area contributed by atoms with Crippen LogP contribution >= 0.6 is 23.2 Å². The molecule has 28 heavy (non-hydrogen) atoms. The van der Waals surface area contributed by atoms with Crippen LogP contribution in [0.2, 0.25) is 10.0 Å². The first-order valence-corrected chi connectivity index (χ1v) is 9.34. The van der Waals surface area contributed by atoms with Gasteiger partial charge in [0.05, 0.1) is 28.4 Å². The Bertz CT molecular complexity index is 820. The molecule has 1 fully saturated rings. The third-order valence-electron chi connectivity index (χ3n) is 4.37. The van der Waals surface area contributed by atoms with Crippen molar-refractivity contribution in [3.63, 3.8) is 0 Å². The summed E-state index contributed by atoms with van der Waals surface area (Å²) in [5.74, 6) is 0.159. The van der Waals surface area contributed by atoms with Crippen LogP contribution in [0.5, 0.6) is 0 Å². The molecule has 0 aromatic carbocycles. The van der Waals surface area contributed by atoms with Crippen LogP contribution < -0.4 is 0 Å². The number of rotatable bonds is 5. The Morgan fingerprint density at radius 3 is 2.79 bits per heavy atom. The summed E-state index contributed by atoms with van der Waals surface area (Å²) in [6.45, 7) is 2.42. The van der Waals surface area contributed by atoms with Crippen LogP contribution in [0.1, 0.15) is 28.0 Å². The Kier molecular flexibility index (Phi) is 8.63. The second-order valence-corrected chi connectivity index (χ2v) is 7.20. The number of likely N-dealkylation sites (tertiary alicyclic amines) is 1. The van der Waals surface area contributed by atoms with Crippen molar-refractivity contribution in [2.45, 2.75) is 19.4 Å². The van der Waals surface area contributed by atoms with E-state index < -0.39 is 0 Å². The van der Waals surface area contributed by atoms with Crippen LogP contribution in [0.15, 0.2) is 30.7 Å². The van der Waals surface area contributed by atoms with E-state index in [9.17, 15) is 4.79 Å². The lowest BCUT2D eigenvalue weighted by Crippen LogP contribution is -2.21. The number of carbonyl (C=O) groups excluding carboxylic acids is 1. The summed E-state index contributed by atoms with van der Waals surface area (Å²) in [6, 6.07) is 3.59. The summed E-state index contributed by atoms with van der Waals surface area (Å²) in [4.78, 5) is 30.8. The predicted octanol–water partition coefficient (Wildman–Crippen LogP) is 3.34. The summed E-state index contributed by atoms with van der Waals surface area (Å²) in [5, 5.41) is 8.04. The molecule has 0 radical (unpaired) electrons. The molecular weight excluding hydrogens is 405 g/mol. The number of esters is 1. The van der Waals surface area contributed by atoms with Crippen molar-refractivity contribution in [2.75, 3.05) is 20.2 Å². The quantitative estimate of drug-likeness (QED) is 0.579. The number of nitrogens with zero attached hydrogens (tertiary/aromatic N) is 3. The summed E-state index contributed by atoms with van der Waals surface area (Å²) >= 11 is 12.1. The minimum atomic E-state index is -0.356. The smallest absolute Gasteiger partial charge is 0.339 e. The van der Waals surface area contributed by atoms with Gasteiger partial charge in [0.2, 0.25) is 0 Å². The number of hydrogen-bond donors (Lipinski definition) is 1. The van der Waals surface area contributed by atoms with E-state index in [0.29, 0.717) is 28.1 Å². The molecule has 1 N–H and O–H groups in total. The van der Waals surface area contributed by atoms with Crippen molar-refractivity contribution in [1.82, 2.24) is 14.9 Å². The monoisotopic (exact) mass is 425 g/mol. The Balaban J connectivity index is 0.000000878. The number of hydrogen-bond acceptors (Lipinski definition) is 6. The van der Waals surface area contributed by atoms with Gasteiger partial charge in [-0.15, -0.1) is 0 Å². The van der Waals surface area contributed by atoms with E-state index in [-0.39, 0.29) is 12.4 Å². The fourth-order valence-electron chi connectivity index (χ4n) is 3.16. The highest BCUT2D eigenvalue weighted by atomic mass is 35.5. The molecule has 1 unspecified atom stereocenters. The Hall–Kier alpha value is -2.22. The molecule has 0 aliphatic carbocycles. The average Bonchev–Trinajstić information content (AvgIpc) is 3.11. The zero-order valence-electron chi connectivity index (χ0n) is 15.3. The number of carbonyl (C=O) groups is 2. The van der Waals surface area contributed by atoms with Crippen molar-refractivity contribution >= 4 is 35.6 Å². The lowest BCUT2D eigenvalue weighted by molar-refractivity contribution is -0.122. The van der Waals surface area contributed by atoms with Gasteiger partial charge in [-0.1, -0.05) is 23.2 Å². The fraction of sp³-hybridized carbons (Fsp3) is 0.368. The maximum absolute atomic E-state index is 11.6. The molecule has 0 spiro atoms. The summed E-state index contributed by atoms with van der Waals surface area (Å²) in [7, 11) is 1.37. The summed E-state index contributed by atoms with van der Waals surface area (Å²) in [6.07, 6.45) is 6.95. The van der Waals surface area contributed by atoms with E-state index in [1.807, 2.05) is 12.3 Å². The average molecular weight is 426 g/mol. The van der Waals surface area contributed by atoms with Crippen LogP contribution in [-0.4, -0.2) is 52.6 Å². The number of halogens is 2. The van der Waals surface area contributed by atoms with Crippen LogP contribution in [0.4, 0.5) is 0 Å². The van der Waals surface area contributed by atoms with Crippen LogP contribution in [-0.2, 0) is 22.5 Å². The molecule has 7 nitrogen and oxygen atoms in total. The molecule has 1 aliphatic rings. The zero-order chi connectivity index (χ0) is 20.5. The van der Waals surface area contributed by atoms with Crippen molar-refractivity contribution in [3.8, 4) is 0 Å². The number of methoxy groups -OCH3 is 1. The highest BCUT2D eigenvalue weighted by molar-refractivity contribution is 6.34. The van der Waals surface area contributed by atoms with Gasteiger partial charge in [0.25, 0.3) is 6.47 Å². The molecule has 1 saturated heterocycles. The van der Waals surface area contributed by atoms with Gasteiger partial charge in [0.1, 0.15) is 0 Å². The second-order valence-electron chi connectivity index (χ2n) is 6.35. The van der Waals surface area contributed by atoms with Gasteiger partial charge >= 0.3 is 5.97 Å². The van der Waals surface area contributed by atoms with Gasteiger partial charge in [-0.05, 0) is 43.0 Å². The largest absolute Gasteiger partial charge is 0.483 e. The normalized spacial score (nSPS) is 16.2. The van der Waals surface area contributed by atoms with E-state index >= 15 is 0 Å². The summed E-state index contributed by atoms with van der Waals surface area (Å²) < 4.78 is 4.75. The highest BCUT2D eigenvalue weighted by Gasteiger charge is 2.24. The Morgan fingerprint density at radius 1 is 1.36 bits per heavy atom. The molecule has 1 atom stereocenters. The first kappa shape index (κ1) is 22.1. The zero-order valence-corrected chi connectivity index (χ0v) is 16.9. The first-order valence-electron chi connectivity index (χ1n) is 8.59. The third-order valence-corrected chi connectivity index (χ3v) is 4.90. The number of aromatic nitrogens is 2. The fourth-order valence-corrected chi connectivity index (χ4v) is 3.60. The lowest BCUT2D eigenvalue weighted by Gasteiger charge is -2.16. The van der Waals surface area contributed by atoms with E-state index in [1.165, 1.54) is 13.3 Å². The van der Waals surface area contributed by atoms with E-state index in [4.69, 9.17) is 37.8 Å². The van der Waals surface area contributed by atoms with Crippen molar-refractivity contribution in [3.05, 3.63) is 57.6 Å². The second kappa shape index (κ2) is 10.9. The van der Waals surface area contributed by atoms with E-state index in [2.05, 4.69) is 14.9 Å². The molecular formula is C19H21Cl2N3O4. The predicted molar refractivity (Wildman–Crippen MR) is 106 cm³/mol. The van der Waals surface area contributed by atoms with Gasteiger partial charge in [-0.25, -0.2) is 4.79 Å². The van der Waals surface area contributed by atoms with Gasteiger partial charge in [-0.2, -0.15) is 0 Å². The molecule has 1 aliphatic heterocycles. The summed E-state index contributed by atoms with van der Waals surface area (Å²) in [5.41, 5.74) is 2.39. The van der Waals surface area contributed by atoms with Gasteiger partial charge in [0.15, 0.2) is 0 Å². The highest BCUT2D eigenvalue weighted by Crippen LogP contribution is 2.25. The van der Waals surface area contributed by atoms with Crippen molar-refractivity contribution in [2.24, 2.45) is 5.92 Å². The molecule has 9 heteroatoms. The maximum Gasteiger partial charge on any atom is 0.339 e. The molecule has 150 valence electrons. The lowest BCUT2D eigenvalue weighted by atomic mass is 9.99. The third kappa shape index (κ3) is 6.44. The molecule has 2 aromatic rings. The number of ether oxygens (including phenoxy) is 1. The molecule has 2 aromatic heterocycles. The number of carboxylic acid groups (broad SMARTS) is 1. The SMILES string of the molecule is COC(=O)c1cncc(CC2CCN(Cc3ncc(Cl)cc3Cl)C2)c1.O=CO. The minimum absolute atomic E-state index is 0.250. The molecule has 3 heterocycles. The topological polar surface area (TPSA) is 92.6 Å². The van der Waals surface area contributed by atoms with Crippen molar-refractivity contribution < 1.29 is 19.4 Å². The standard InChI is InChI=1S/C18H19Cl2N3O2.CH2O2/c1-25-18(24)14-5-13(7-21-8-14)4-12-2-3-23(10-12)11-17-16(20)6-15(19)9-22-17;2-1-3/h5-9,12H,2-4,10-11H2,1H3;1H,(H,2,3). The first-order chi connectivity index (χ1) is 13.5. The van der Waals surface area contributed by atoms with Gasteiger partial charge < -0.3 is 9.84 Å². The van der Waals surface area contributed by atoms with Crippen LogP contribution in [0.3, 0.4) is 0 Å². The maximum atomic E-state index is 11.6. The van der Waals surface area contributed by atoms with Crippen molar-refractivity contribution in [1.29, 1.82) is 0 Å². The Labute approximate surface area is 173 Å². The molecule has 3 rings (SSSR count). The van der Waals surface area contributed by atoms with E-state index in [0.717, 1.165) is 37.2 Å². The van der Waals surface area contributed by atoms with Gasteiger partial charge in [-0.3, -0.25) is 19.7 Å². The molecule has 0 amide bonds. The van der Waals surface area contributed by atoms with Gasteiger partial charge in [0, 0.05) is 31.7 Å². The Morgan fingerprint density at radius 2 is 2.11 bits per heavy atom. The van der Waals surface area contributed by atoms with Crippen LogP contribution in [0.25, 0.3) is 0 Å². The number of pyridine rings is 2.